The minimum absolute atomic E-state index is 0.0815. The van der Waals surface area contributed by atoms with E-state index >= 15 is 0 Å². The molecule has 1 aromatic carbocycles. The molecule has 0 spiro atoms. The Bertz CT molecular complexity index is 592. The SMILES string of the molecule is CN(Cc1cccnc1)C(=O)/C=C/c1ccc(O)cc1. The number of aromatic nitrogens is 1. The first-order valence-corrected chi connectivity index (χ1v) is 6.26. The molecule has 0 bridgehead atoms. The monoisotopic (exact) mass is 268 g/mol. The highest BCUT2D eigenvalue weighted by atomic mass is 16.3. The summed E-state index contributed by atoms with van der Waals surface area (Å²) in [5, 5.41) is 9.18. The molecule has 1 heterocycles. The van der Waals surface area contributed by atoms with Crippen molar-refractivity contribution >= 4 is 12.0 Å². The maximum Gasteiger partial charge on any atom is 0.246 e. The predicted octanol–water partition coefficient (Wildman–Crippen LogP) is 2.46. The van der Waals surface area contributed by atoms with Crippen LogP contribution in [0.4, 0.5) is 0 Å². The van der Waals surface area contributed by atoms with Crippen molar-refractivity contribution in [3.63, 3.8) is 0 Å². The molecule has 0 unspecified atom stereocenters. The molecule has 0 saturated heterocycles. The number of pyridine rings is 1. The molecular formula is C16H16N2O2. The molecule has 20 heavy (non-hydrogen) atoms. The summed E-state index contributed by atoms with van der Waals surface area (Å²) >= 11 is 0. The van der Waals surface area contributed by atoms with Crippen LogP contribution in [0.5, 0.6) is 5.75 Å². The molecule has 0 aliphatic carbocycles. The second-order valence-corrected chi connectivity index (χ2v) is 4.48. The van der Waals surface area contributed by atoms with Crippen molar-refractivity contribution in [3.8, 4) is 5.75 Å². The van der Waals surface area contributed by atoms with E-state index in [1.165, 1.54) is 6.08 Å². The molecular weight excluding hydrogens is 252 g/mol. The van der Waals surface area contributed by atoms with Crippen LogP contribution in [0.2, 0.25) is 0 Å². The number of rotatable bonds is 4. The fourth-order valence-corrected chi connectivity index (χ4v) is 1.72. The molecule has 0 aliphatic heterocycles. The van der Waals surface area contributed by atoms with Gasteiger partial charge in [0.25, 0.3) is 0 Å². The van der Waals surface area contributed by atoms with Gasteiger partial charge in [0.15, 0.2) is 0 Å². The molecule has 1 aromatic heterocycles. The van der Waals surface area contributed by atoms with Crippen molar-refractivity contribution in [2.24, 2.45) is 0 Å². The van der Waals surface area contributed by atoms with Gasteiger partial charge in [-0.25, -0.2) is 0 Å². The van der Waals surface area contributed by atoms with Gasteiger partial charge in [-0.1, -0.05) is 18.2 Å². The van der Waals surface area contributed by atoms with Crippen molar-refractivity contribution in [3.05, 3.63) is 66.0 Å². The first kappa shape index (κ1) is 13.8. The summed E-state index contributed by atoms with van der Waals surface area (Å²) in [6.45, 7) is 0.520. The average molecular weight is 268 g/mol. The van der Waals surface area contributed by atoms with Gasteiger partial charge >= 0.3 is 0 Å². The Balaban J connectivity index is 1.95. The highest BCUT2D eigenvalue weighted by Gasteiger charge is 2.05. The van der Waals surface area contributed by atoms with Gasteiger partial charge in [-0.3, -0.25) is 9.78 Å². The van der Waals surface area contributed by atoms with E-state index in [0.29, 0.717) is 6.54 Å². The minimum atomic E-state index is -0.0815. The van der Waals surface area contributed by atoms with Crippen LogP contribution in [0.1, 0.15) is 11.1 Å². The Morgan fingerprint density at radius 3 is 2.70 bits per heavy atom. The standard InChI is InChI=1S/C16H16N2O2/c1-18(12-14-3-2-10-17-11-14)16(20)9-6-13-4-7-15(19)8-5-13/h2-11,19H,12H2,1H3/b9-6+. The smallest absolute Gasteiger partial charge is 0.246 e. The summed E-state index contributed by atoms with van der Waals surface area (Å²) in [4.78, 5) is 17.6. The summed E-state index contributed by atoms with van der Waals surface area (Å²) in [6.07, 6.45) is 6.69. The van der Waals surface area contributed by atoms with Crippen LogP contribution in [-0.2, 0) is 11.3 Å². The Morgan fingerprint density at radius 2 is 2.05 bits per heavy atom. The first-order valence-electron chi connectivity index (χ1n) is 6.26. The van der Waals surface area contributed by atoms with Crippen LogP contribution >= 0.6 is 0 Å². The summed E-state index contributed by atoms with van der Waals surface area (Å²) in [5.41, 5.74) is 1.85. The Labute approximate surface area is 118 Å². The number of phenols is 1. The molecule has 2 rings (SSSR count). The fourth-order valence-electron chi connectivity index (χ4n) is 1.72. The maximum atomic E-state index is 12.0. The van der Waals surface area contributed by atoms with E-state index in [0.717, 1.165) is 11.1 Å². The highest BCUT2D eigenvalue weighted by Crippen LogP contribution is 2.11. The van der Waals surface area contributed by atoms with Gasteiger partial charge in [0.2, 0.25) is 5.91 Å². The van der Waals surface area contributed by atoms with Gasteiger partial charge in [0.05, 0.1) is 0 Å². The molecule has 0 aliphatic rings. The van der Waals surface area contributed by atoms with Crippen LogP contribution < -0.4 is 0 Å². The third-order valence-electron chi connectivity index (χ3n) is 2.83. The zero-order valence-electron chi connectivity index (χ0n) is 11.2. The Kier molecular flexibility index (Phi) is 4.50. The zero-order chi connectivity index (χ0) is 14.4. The second kappa shape index (κ2) is 6.52. The number of nitrogens with zero attached hydrogens (tertiary/aromatic N) is 2. The normalized spacial score (nSPS) is 10.7. The minimum Gasteiger partial charge on any atom is -0.508 e. The average Bonchev–Trinajstić information content (AvgIpc) is 2.47. The highest BCUT2D eigenvalue weighted by molar-refractivity contribution is 5.91. The van der Waals surface area contributed by atoms with Crippen LogP contribution in [0.3, 0.4) is 0 Å². The van der Waals surface area contributed by atoms with Crippen molar-refractivity contribution in [1.82, 2.24) is 9.88 Å². The van der Waals surface area contributed by atoms with E-state index in [1.807, 2.05) is 12.1 Å². The third kappa shape index (κ3) is 3.95. The lowest BCUT2D eigenvalue weighted by Crippen LogP contribution is -2.24. The topological polar surface area (TPSA) is 53.4 Å². The van der Waals surface area contributed by atoms with Gasteiger partial charge in [-0.2, -0.15) is 0 Å². The zero-order valence-corrected chi connectivity index (χ0v) is 11.2. The van der Waals surface area contributed by atoms with Gasteiger partial charge in [-0.05, 0) is 35.4 Å². The number of likely N-dealkylation sites (N-methyl/N-ethyl adjacent to an activating group) is 1. The summed E-state index contributed by atoms with van der Waals surface area (Å²) in [6, 6.07) is 10.5. The lowest BCUT2D eigenvalue weighted by molar-refractivity contribution is -0.125. The molecule has 0 atom stereocenters. The largest absolute Gasteiger partial charge is 0.508 e. The molecule has 2 aromatic rings. The van der Waals surface area contributed by atoms with Crippen LogP contribution in [0.15, 0.2) is 54.9 Å². The molecule has 4 heteroatoms. The van der Waals surface area contributed by atoms with Crippen molar-refractivity contribution in [1.29, 1.82) is 0 Å². The second-order valence-electron chi connectivity index (χ2n) is 4.48. The van der Waals surface area contributed by atoms with Crippen LogP contribution in [0.25, 0.3) is 6.08 Å². The van der Waals surface area contributed by atoms with Crippen LogP contribution in [0, 0.1) is 0 Å². The van der Waals surface area contributed by atoms with Crippen molar-refractivity contribution in [2.45, 2.75) is 6.54 Å². The molecule has 0 radical (unpaired) electrons. The Morgan fingerprint density at radius 1 is 1.30 bits per heavy atom. The number of phenolic OH excluding ortho intramolecular Hbond substituents is 1. The van der Waals surface area contributed by atoms with Gasteiger partial charge in [0.1, 0.15) is 5.75 Å². The lowest BCUT2D eigenvalue weighted by Gasteiger charge is -2.14. The molecule has 0 saturated carbocycles. The number of aromatic hydroxyl groups is 1. The summed E-state index contributed by atoms with van der Waals surface area (Å²) < 4.78 is 0. The Hall–Kier alpha value is -2.62. The van der Waals surface area contributed by atoms with Crippen LogP contribution in [-0.4, -0.2) is 27.9 Å². The van der Waals surface area contributed by atoms with Gasteiger partial charge in [-0.15, -0.1) is 0 Å². The lowest BCUT2D eigenvalue weighted by atomic mass is 10.2. The number of benzene rings is 1. The number of hydrogen-bond acceptors (Lipinski definition) is 3. The van der Waals surface area contributed by atoms with E-state index < -0.39 is 0 Å². The molecule has 1 N–H and O–H groups in total. The van der Waals surface area contributed by atoms with E-state index in [-0.39, 0.29) is 11.7 Å². The van der Waals surface area contributed by atoms with Gasteiger partial charge < -0.3 is 10.0 Å². The van der Waals surface area contributed by atoms with E-state index in [2.05, 4.69) is 4.98 Å². The summed E-state index contributed by atoms with van der Waals surface area (Å²) in [7, 11) is 1.75. The van der Waals surface area contributed by atoms with E-state index in [4.69, 9.17) is 0 Å². The first-order chi connectivity index (χ1) is 9.65. The molecule has 1 amide bonds. The van der Waals surface area contributed by atoms with Gasteiger partial charge in [0, 0.05) is 32.1 Å². The molecule has 4 nitrogen and oxygen atoms in total. The quantitative estimate of drug-likeness (QED) is 0.867. The third-order valence-corrected chi connectivity index (χ3v) is 2.83. The summed E-state index contributed by atoms with van der Waals surface area (Å²) in [5.74, 6) is 0.129. The van der Waals surface area contributed by atoms with E-state index in [1.54, 1.807) is 54.7 Å². The number of carbonyl (C=O) groups is 1. The number of hydrogen-bond donors (Lipinski definition) is 1. The fraction of sp³-hybridized carbons (Fsp3) is 0.125. The van der Waals surface area contributed by atoms with E-state index in [9.17, 15) is 9.90 Å². The van der Waals surface area contributed by atoms with Crippen molar-refractivity contribution < 1.29 is 9.90 Å². The predicted molar refractivity (Wildman–Crippen MR) is 77.9 cm³/mol. The molecule has 0 fully saturated rings. The number of amides is 1. The van der Waals surface area contributed by atoms with Crippen molar-refractivity contribution in [2.75, 3.05) is 7.05 Å². The number of carbonyl (C=O) groups excluding carboxylic acids is 1. The maximum absolute atomic E-state index is 12.0. The molecule has 102 valence electrons.